The first-order valence-corrected chi connectivity index (χ1v) is 4.89. The number of hydrogen-bond acceptors (Lipinski definition) is 4. The molecule has 0 aromatic heterocycles. The molecule has 0 aliphatic rings. The second kappa shape index (κ2) is 7.20. The molecule has 0 aliphatic carbocycles. The van der Waals surface area contributed by atoms with Crippen molar-refractivity contribution in [2.24, 2.45) is 11.7 Å². The smallest absolute Gasteiger partial charge is 0.321 e. The number of hydrogen-bond donors (Lipinski definition) is 4. The van der Waals surface area contributed by atoms with Crippen LogP contribution >= 0.6 is 0 Å². The molecule has 0 saturated heterocycles. The molecule has 0 saturated carbocycles. The molecule has 5 N–H and O–H groups in total. The molecule has 8 nitrogen and oxygen atoms in total. The van der Waals surface area contributed by atoms with Crippen molar-refractivity contribution in [1.82, 2.24) is 10.6 Å². The molecule has 1 unspecified atom stereocenters. The van der Waals surface area contributed by atoms with Crippen LogP contribution in [0.25, 0.3) is 0 Å². The lowest BCUT2D eigenvalue weighted by Gasteiger charge is -2.08. The fraction of sp³-hybridized carbons (Fsp3) is 0.556. The maximum absolute atomic E-state index is 11.2. The third-order valence-corrected chi connectivity index (χ3v) is 1.73. The highest BCUT2D eigenvalue weighted by Crippen LogP contribution is 2.06. The minimum atomic E-state index is -1.01. The SMILES string of the molecule is CC(CC(=O)O)CC(=O)NC(=O)NCC(N)=O. The number of primary amides is 1. The Hall–Kier alpha value is -2.12. The van der Waals surface area contributed by atoms with Crippen molar-refractivity contribution in [3.8, 4) is 0 Å². The first-order chi connectivity index (χ1) is 7.81. The van der Waals surface area contributed by atoms with E-state index in [1.54, 1.807) is 6.92 Å². The Labute approximate surface area is 97.5 Å². The molecule has 0 spiro atoms. The minimum absolute atomic E-state index is 0.0870. The summed E-state index contributed by atoms with van der Waals surface area (Å²) in [6, 6.07) is -0.837. The van der Waals surface area contributed by atoms with Gasteiger partial charge in [0.2, 0.25) is 11.8 Å². The van der Waals surface area contributed by atoms with Crippen LogP contribution in [0.5, 0.6) is 0 Å². The monoisotopic (exact) mass is 245 g/mol. The van der Waals surface area contributed by atoms with Crippen LogP contribution in [0.1, 0.15) is 19.8 Å². The molecule has 17 heavy (non-hydrogen) atoms. The van der Waals surface area contributed by atoms with Gasteiger partial charge in [0.15, 0.2) is 0 Å². The van der Waals surface area contributed by atoms with Gasteiger partial charge in [0.1, 0.15) is 0 Å². The predicted molar refractivity (Wildman–Crippen MR) is 56.8 cm³/mol. The van der Waals surface area contributed by atoms with Crippen LogP contribution in [0.3, 0.4) is 0 Å². The Bertz CT molecular complexity index is 329. The number of carboxylic acids is 1. The van der Waals surface area contributed by atoms with Crippen LogP contribution in [-0.4, -0.2) is 35.5 Å². The van der Waals surface area contributed by atoms with E-state index in [0.717, 1.165) is 0 Å². The van der Waals surface area contributed by atoms with Crippen molar-refractivity contribution in [2.75, 3.05) is 6.54 Å². The van der Waals surface area contributed by atoms with Crippen molar-refractivity contribution >= 4 is 23.8 Å². The molecule has 1 atom stereocenters. The molecule has 0 rings (SSSR count). The summed E-state index contributed by atoms with van der Waals surface area (Å²) in [6.07, 6.45) is -0.243. The van der Waals surface area contributed by atoms with Crippen molar-refractivity contribution in [1.29, 1.82) is 0 Å². The maximum atomic E-state index is 11.2. The zero-order valence-electron chi connectivity index (χ0n) is 9.36. The van der Waals surface area contributed by atoms with E-state index in [1.165, 1.54) is 0 Å². The Morgan fingerprint density at radius 2 is 1.82 bits per heavy atom. The summed E-state index contributed by atoms with van der Waals surface area (Å²) >= 11 is 0. The van der Waals surface area contributed by atoms with Crippen molar-refractivity contribution < 1.29 is 24.3 Å². The number of imide groups is 1. The number of urea groups is 1. The molecule has 0 radical (unpaired) electrons. The standard InChI is InChI=1S/C9H15N3O5/c1-5(3-8(15)16)2-7(14)12-9(17)11-4-6(10)13/h5H,2-4H2,1H3,(H2,10,13)(H,15,16)(H2,11,12,14,17). The van der Waals surface area contributed by atoms with Gasteiger partial charge in [-0.2, -0.15) is 0 Å². The summed E-state index contributed by atoms with van der Waals surface area (Å²) in [5, 5.41) is 12.5. The molecule has 4 amide bonds. The van der Waals surface area contributed by atoms with Gasteiger partial charge >= 0.3 is 12.0 Å². The quantitative estimate of drug-likeness (QED) is 0.465. The second-order valence-corrected chi connectivity index (χ2v) is 3.60. The van der Waals surface area contributed by atoms with Gasteiger partial charge in [-0.3, -0.25) is 19.7 Å². The second-order valence-electron chi connectivity index (χ2n) is 3.60. The van der Waals surface area contributed by atoms with E-state index >= 15 is 0 Å². The number of amides is 4. The number of aliphatic carboxylic acids is 1. The highest BCUT2D eigenvalue weighted by molar-refractivity contribution is 5.95. The van der Waals surface area contributed by atoms with Gasteiger partial charge in [0, 0.05) is 12.8 Å². The van der Waals surface area contributed by atoms with Crippen LogP contribution in [-0.2, 0) is 14.4 Å². The predicted octanol–water partition coefficient (Wildman–Crippen LogP) is -1.20. The van der Waals surface area contributed by atoms with Crippen molar-refractivity contribution in [2.45, 2.75) is 19.8 Å². The molecule has 0 aromatic carbocycles. The third-order valence-electron chi connectivity index (χ3n) is 1.73. The summed E-state index contributed by atoms with van der Waals surface area (Å²) in [4.78, 5) is 42.9. The molecule has 0 heterocycles. The molecule has 96 valence electrons. The zero-order valence-corrected chi connectivity index (χ0v) is 9.36. The van der Waals surface area contributed by atoms with Gasteiger partial charge < -0.3 is 16.2 Å². The molecule has 8 heteroatoms. The molecule has 0 fully saturated rings. The van der Waals surface area contributed by atoms with Crippen molar-refractivity contribution in [3.63, 3.8) is 0 Å². The largest absolute Gasteiger partial charge is 0.481 e. The number of rotatable bonds is 6. The molecule has 0 aliphatic heterocycles. The molecule has 0 bridgehead atoms. The lowest BCUT2D eigenvalue weighted by atomic mass is 10.0. The van der Waals surface area contributed by atoms with E-state index in [1.807, 2.05) is 5.32 Å². The van der Waals surface area contributed by atoms with Crippen molar-refractivity contribution in [3.05, 3.63) is 0 Å². The van der Waals surface area contributed by atoms with E-state index in [-0.39, 0.29) is 25.3 Å². The lowest BCUT2D eigenvalue weighted by molar-refractivity contribution is -0.138. The number of nitrogens with two attached hydrogens (primary N) is 1. The fourth-order valence-corrected chi connectivity index (χ4v) is 1.08. The Morgan fingerprint density at radius 3 is 2.29 bits per heavy atom. The molecular weight excluding hydrogens is 230 g/mol. The van der Waals surface area contributed by atoms with Crippen LogP contribution in [0.15, 0.2) is 0 Å². The highest BCUT2D eigenvalue weighted by Gasteiger charge is 2.14. The van der Waals surface area contributed by atoms with E-state index < -0.39 is 23.8 Å². The van der Waals surface area contributed by atoms with Gasteiger partial charge in [-0.25, -0.2) is 4.79 Å². The first-order valence-electron chi connectivity index (χ1n) is 4.89. The number of carboxylic acid groups (broad SMARTS) is 1. The summed E-state index contributed by atoms with van der Waals surface area (Å²) in [5.41, 5.74) is 4.78. The average molecular weight is 245 g/mol. The Kier molecular flexibility index (Phi) is 6.30. The number of carbonyl (C=O) groups is 4. The summed E-state index contributed by atoms with van der Waals surface area (Å²) in [5.74, 6) is -2.73. The third kappa shape index (κ3) is 8.85. The van der Waals surface area contributed by atoms with Gasteiger partial charge in [0.05, 0.1) is 6.54 Å². The first kappa shape index (κ1) is 14.9. The fourth-order valence-electron chi connectivity index (χ4n) is 1.08. The van der Waals surface area contributed by atoms with Gasteiger partial charge in [0.25, 0.3) is 0 Å². The summed E-state index contributed by atoms with van der Waals surface area (Å²) in [6.45, 7) is 1.21. The maximum Gasteiger partial charge on any atom is 0.321 e. The average Bonchev–Trinajstić information content (AvgIpc) is 2.12. The van der Waals surface area contributed by atoms with Gasteiger partial charge in [-0.05, 0) is 5.92 Å². The van der Waals surface area contributed by atoms with E-state index in [0.29, 0.717) is 0 Å². The Balaban J connectivity index is 3.89. The van der Waals surface area contributed by atoms with E-state index in [9.17, 15) is 19.2 Å². The summed E-state index contributed by atoms with van der Waals surface area (Å²) in [7, 11) is 0. The zero-order chi connectivity index (χ0) is 13.4. The van der Waals surface area contributed by atoms with E-state index in [2.05, 4.69) is 5.32 Å². The topological polar surface area (TPSA) is 139 Å². The molecular formula is C9H15N3O5. The minimum Gasteiger partial charge on any atom is -0.481 e. The summed E-state index contributed by atoms with van der Waals surface area (Å²) < 4.78 is 0. The normalized spacial score (nSPS) is 11.4. The molecule has 0 aromatic rings. The number of carbonyl (C=O) groups excluding carboxylic acids is 3. The van der Waals surface area contributed by atoms with Crippen LogP contribution in [0.2, 0.25) is 0 Å². The number of nitrogens with one attached hydrogen (secondary N) is 2. The van der Waals surface area contributed by atoms with Gasteiger partial charge in [-0.1, -0.05) is 6.92 Å². The van der Waals surface area contributed by atoms with Gasteiger partial charge in [-0.15, -0.1) is 0 Å². The lowest BCUT2D eigenvalue weighted by Crippen LogP contribution is -2.43. The Morgan fingerprint density at radius 1 is 1.24 bits per heavy atom. The van der Waals surface area contributed by atoms with E-state index in [4.69, 9.17) is 10.8 Å². The van der Waals surface area contributed by atoms with Crippen LogP contribution in [0, 0.1) is 5.92 Å². The highest BCUT2D eigenvalue weighted by atomic mass is 16.4. The van der Waals surface area contributed by atoms with Crippen LogP contribution < -0.4 is 16.4 Å². The van der Waals surface area contributed by atoms with Crippen LogP contribution in [0.4, 0.5) is 4.79 Å².